The molecule has 188 valence electrons. The number of benzene rings is 1. The summed E-state index contributed by atoms with van der Waals surface area (Å²) in [6.07, 6.45) is 5.43. The van der Waals surface area contributed by atoms with E-state index >= 15 is 0 Å². The third kappa shape index (κ3) is 3.23. The lowest BCUT2D eigenvalue weighted by Crippen LogP contribution is -2.36. The van der Waals surface area contributed by atoms with Crippen molar-refractivity contribution >= 4 is 28.0 Å². The van der Waals surface area contributed by atoms with Gasteiger partial charge in [-0.1, -0.05) is 12.1 Å². The Kier molecular flexibility index (Phi) is 4.60. The number of hydrogen-bond donors (Lipinski definition) is 2. The Labute approximate surface area is 209 Å². The minimum absolute atomic E-state index is 0.0572. The molecule has 4 aromatic heterocycles. The molecule has 0 saturated heterocycles. The number of H-pyrrole nitrogens is 1. The van der Waals surface area contributed by atoms with E-state index in [2.05, 4.69) is 20.4 Å². The van der Waals surface area contributed by atoms with Crippen LogP contribution in [0, 0.1) is 5.95 Å². The predicted molar refractivity (Wildman–Crippen MR) is 135 cm³/mol. The first-order valence-corrected chi connectivity index (χ1v) is 12.2. The molecule has 2 N–H and O–H groups in total. The van der Waals surface area contributed by atoms with Gasteiger partial charge in [0.1, 0.15) is 11.4 Å². The van der Waals surface area contributed by atoms with E-state index in [4.69, 9.17) is 4.74 Å². The summed E-state index contributed by atoms with van der Waals surface area (Å²) in [5.41, 5.74) is 4.18. The third-order valence-corrected chi connectivity index (χ3v) is 7.57. The van der Waals surface area contributed by atoms with E-state index in [1.165, 1.54) is 4.68 Å². The molecule has 0 unspecified atom stereocenters. The molecule has 11 heteroatoms. The standard InChI is InChI=1S/C26H24FN7O3/c1-32-11-17(24(27)31-32)22-20-13-3-7-16(8-4-13)37-12-19(35)29-14-5-6-15(9-14)34-23-18(33(2)26(34)36)10-28-25(30-22)21(20)23/h3-4,7-8,10-11,14-15H,5-6,9,12H2,1-2H3,(H,28,30)(H,29,35)/t14-,15+/m1/s1. The summed E-state index contributed by atoms with van der Waals surface area (Å²) < 4.78 is 25.6. The van der Waals surface area contributed by atoms with Gasteiger partial charge in [-0.25, -0.2) is 9.78 Å². The molecule has 6 heterocycles. The molecule has 1 aromatic carbocycles. The van der Waals surface area contributed by atoms with Crippen LogP contribution in [0.4, 0.5) is 4.39 Å². The van der Waals surface area contributed by atoms with Gasteiger partial charge >= 0.3 is 5.69 Å². The Bertz CT molecular complexity index is 1780. The van der Waals surface area contributed by atoms with Gasteiger partial charge in [-0.15, -0.1) is 5.10 Å². The molecule has 3 aliphatic rings. The summed E-state index contributed by atoms with van der Waals surface area (Å²) in [7, 11) is 3.40. The van der Waals surface area contributed by atoms with Crippen LogP contribution in [0.5, 0.6) is 5.75 Å². The molecule has 0 spiro atoms. The van der Waals surface area contributed by atoms with Crippen molar-refractivity contribution in [1.82, 2.24) is 34.2 Å². The van der Waals surface area contributed by atoms with E-state index in [9.17, 15) is 14.0 Å². The molecule has 5 aromatic rings. The van der Waals surface area contributed by atoms with Crippen LogP contribution in [0.25, 0.3) is 44.5 Å². The Morgan fingerprint density at radius 1 is 1.14 bits per heavy atom. The number of halogens is 1. The maximum absolute atomic E-state index is 15.0. The van der Waals surface area contributed by atoms with Crippen LogP contribution >= 0.6 is 0 Å². The Morgan fingerprint density at radius 2 is 1.95 bits per heavy atom. The van der Waals surface area contributed by atoms with Gasteiger partial charge in [0.05, 0.1) is 33.9 Å². The smallest absolute Gasteiger partial charge is 0.329 e. The van der Waals surface area contributed by atoms with Crippen molar-refractivity contribution in [1.29, 1.82) is 0 Å². The van der Waals surface area contributed by atoms with E-state index < -0.39 is 5.95 Å². The van der Waals surface area contributed by atoms with Crippen molar-refractivity contribution in [3.05, 3.63) is 53.1 Å². The predicted octanol–water partition coefficient (Wildman–Crippen LogP) is 3.03. The molecule has 1 fully saturated rings. The van der Waals surface area contributed by atoms with Gasteiger partial charge in [0, 0.05) is 37.9 Å². The minimum atomic E-state index is -0.605. The van der Waals surface area contributed by atoms with Crippen molar-refractivity contribution < 1.29 is 13.9 Å². The van der Waals surface area contributed by atoms with Gasteiger partial charge in [-0.3, -0.25) is 18.6 Å². The number of nitrogens with one attached hydrogen (secondary N) is 2. The van der Waals surface area contributed by atoms with Gasteiger partial charge in [-0.05, 0) is 37.0 Å². The van der Waals surface area contributed by atoms with E-state index in [0.29, 0.717) is 34.6 Å². The number of amides is 1. The Morgan fingerprint density at radius 3 is 2.70 bits per heavy atom. The highest BCUT2D eigenvalue weighted by molar-refractivity contribution is 6.14. The van der Waals surface area contributed by atoms with E-state index in [1.807, 2.05) is 16.7 Å². The zero-order valence-corrected chi connectivity index (χ0v) is 20.3. The molecule has 37 heavy (non-hydrogen) atoms. The summed E-state index contributed by atoms with van der Waals surface area (Å²) >= 11 is 0. The fourth-order valence-corrected chi connectivity index (χ4v) is 5.90. The number of fused-ring (bicyclic) bond motifs is 5. The number of aromatic nitrogens is 6. The fourth-order valence-electron chi connectivity index (χ4n) is 5.90. The minimum Gasteiger partial charge on any atom is -0.484 e. The average molecular weight is 502 g/mol. The lowest BCUT2D eigenvalue weighted by atomic mass is 9.99. The Hall–Kier alpha value is -4.41. The van der Waals surface area contributed by atoms with Crippen molar-refractivity contribution in [2.24, 2.45) is 14.1 Å². The molecule has 10 nitrogen and oxygen atoms in total. The van der Waals surface area contributed by atoms with Crippen LogP contribution in [-0.4, -0.2) is 47.4 Å². The molecule has 2 aliphatic heterocycles. The van der Waals surface area contributed by atoms with E-state index in [1.54, 1.807) is 43.2 Å². The topological polar surface area (TPSA) is 112 Å². The quantitative estimate of drug-likeness (QED) is 0.367. The van der Waals surface area contributed by atoms with Gasteiger partial charge in [0.25, 0.3) is 5.91 Å². The number of carbonyl (C=O) groups excluding carboxylic acids is 1. The molecular formula is C26H24FN7O3. The highest BCUT2D eigenvalue weighted by atomic mass is 19.1. The number of carbonyl (C=O) groups is 1. The highest BCUT2D eigenvalue weighted by Crippen LogP contribution is 2.43. The molecule has 1 saturated carbocycles. The van der Waals surface area contributed by atoms with Gasteiger partial charge in [0.2, 0.25) is 5.95 Å². The second-order valence-electron chi connectivity index (χ2n) is 9.85. The van der Waals surface area contributed by atoms with E-state index in [0.717, 1.165) is 34.9 Å². The molecule has 0 radical (unpaired) electrons. The first-order chi connectivity index (χ1) is 17.9. The molecule has 2 atom stereocenters. The number of aryl methyl sites for hydroxylation is 2. The lowest BCUT2D eigenvalue weighted by molar-refractivity contribution is -0.123. The van der Waals surface area contributed by atoms with Crippen molar-refractivity contribution in [2.75, 3.05) is 6.61 Å². The van der Waals surface area contributed by atoms with Gasteiger partial charge in [0.15, 0.2) is 6.61 Å². The number of hydrogen-bond acceptors (Lipinski definition) is 5. The number of ether oxygens (including phenoxy) is 1. The number of nitrogens with zero attached hydrogens (tertiary/aromatic N) is 5. The summed E-state index contributed by atoms with van der Waals surface area (Å²) in [5, 5.41) is 7.70. The second-order valence-corrected chi connectivity index (χ2v) is 9.85. The molecule has 1 amide bonds. The second kappa shape index (κ2) is 7.79. The molecular weight excluding hydrogens is 477 g/mol. The van der Waals surface area contributed by atoms with Crippen LogP contribution < -0.4 is 15.7 Å². The van der Waals surface area contributed by atoms with Crippen molar-refractivity contribution in [3.63, 3.8) is 0 Å². The molecule has 1 aliphatic carbocycles. The molecule has 8 rings (SSSR count). The number of rotatable bonds is 1. The Balaban J connectivity index is 1.61. The number of pyridine rings is 1. The monoisotopic (exact) mass is 501 g/mol. The highest BCUT2D eigenvalue weighted by Gasteiger charge is 2.32. The molecule has 4 bridgehead atoms. The normalized spacial score (nSPS) is 19.4. The van der Waals surface area contributed by atoms with E-state index in [-0.39, 0.29) is 30.3 Å². The summed E-state index contributed by atoms with van der Waals surface area (Å²) in [4.78, 5) is 34.1. The maximum atomic E-state index is 15.0. The third-order valence-electron chi connectivity index (χ3n) is 7.57. The van der Waals surface area contributed by atoms with Crippen LogP contribution in [0.3, 0.4) is 0 Å². The average Bonchev–Trinajstić information content (AvgIpc) is 3.62. The van der Waals surface area contributed by atoms with Crippen molar-refractivity contribution in [3.8, 4) is 28.1 Å². The van der Waals surface area contributed by atoms with Crippen LogP contribution in [0.2, 0.25) is 0 Å². The van der Waals surface area contributed by atoms with Gasteiger partial charge in [-0.2, -0.15) is 4.39 Å². The van der Waals surface area contributed by atoms with Gasteiger partial charge < -0.3 is 15.0 Å². The zero-order chi connectivity index (χ0) is 25.4. The fraction of sp³-hybridized carbons (Fsp3) is 0.308. The number of aromatic amines is 1. The SMILES string of the molecule is Cn1cc(-c2[nH]c3ncc4c5c3c2-c2ccc(cc2)OCC(=O)N[C@@H]2CC[C@@H](C2)n5c(=O)n4C)c(F)n1. The zero-order valence-electron chi connectivity index (χ0n) is 20.3. The van der Waals surface area contributed by atoms with Crippen LogP contribution in [0.15, 0.2) is 41.5 Å². The largest absolute Gasteiger partial charge is 0.484 e. The summed E-state index contributed by atoms with van der Waals surface area (Å²) in [5.74, 6) is -0.250. The first kappa shape index (κ1) is 21.8. The van der Waals surface area contributed by atoms with Crippen molar-refractivity contribution in [2.45, 2.75) is 31.3 Å². The number of imidazole rings is 1. The van der Waals surface area contributed by atoms with Crippen LogP contribution in [-0.2, 0) is 18.9 Å². The maximum Gasteiger partial charge on any atom is 0.329 e. The summed E-state index contributed by atoms with van der Waals surface area (Å²) in [6.45, 7) is -0.0965. The van der Waals surface area contributed by atoms with Crippen LogP contribution in [0.1, 0.15) is 25.3 Å². The lowest BCUT2D eigenvalue weighted by Gasteiger charge is -2.15. The summed E-state index contributed by atoms with van der Waals surface area (Å²) in [6, 6.07) is 7.12. The first-order valence-electron chi connectivity index (χ1n) is 12.2.